The second-order valence-corrected chi connectivity index (χ2v) is 2.37. The topological polar surface area (TPSA) is 45.0 Å². The molecule has 1 heterocycles. The van der Waals surface area contributed by atoms with Crippen molar-refractivity contribution in [2.45, 2.75) is 12.5 Å². The number of ether oxygens (including phenoxy) is 1. The molecule has 0 aromatic carbocycles. The van der Waals surface area contributed by atoms with Crippen LogP contribution in [-0.4, -0.2) is 25.3 Å². The number of rotatable bonds is 0. The number of hydrogen-bond acceptors (Lipinski definition) is 3. The molecule has 1 rings (SSSR count). The summed E-state index contributed by atoms with van der Waals surface area (Å²) in [6.07, 6.45) is 0. The zero-order valence-electron chi connectivity index (χ0n) is 5.48. The van der Waals surface area contributed by atoms with Gasteiger partial charge in [0.2, 0.25) is 0 Å². The fourth-order valence-corrected chi connectivity index (χ4v) is 0.798. The van der Waals surface area contributed by atoms with E-state index in [1.165, 1.54) is 0 Å². The van der Waals surface area contributed by atoms with Gasteiger partial charge in [-0.1, -0.05) is 0 Å². The standard InChI is InChI=1S/C6H10N2O/c1-6(4-7)5-8-2-3-9-6/h8H,2-3,5H2,1H3. The lowest BCUT2D eigenvalue weighted by Crippen LogP contribution is -2.46. The van der Waals surface area contributed by atoms with Gasteiger partial charge in [-0.05, 0) is 6.92 Å². The summed E-state index contributed by atoms with van der Waals surface area (Å²) in [6, 6.07) is 2.10. The molecule has 1 N–H and O–H groups in total. The third kappa shape index (κ3) is 1.41. The molecule has 0 aromatic rings. The minimum atomic E-state index is -0.585. The average molecular weight is 126 g/mol. The highest BCUT2D eigenvalue weighted by atomic mass is 16.5. The van der Waals surface area contributed by atoms with Gasteiger partial charge in [-0.2, -0.15) is 5.26 Å². The van der Waals surface area contributed by atoms with Gasteiger partial charge in [0.05, 0.1) is 12.7 Å². The Balaban J connectivity index is 2.49. The quantitative estimate of drug-likeness (QED) is 0.492. The minimum absolute atomic E-state index is 0.585. The molecule has 1 saturated heterocycles. The van der Waals surface area contributed by atoms with Crippen molar-refractivity contribution in [2.75, 3.05) is 19.7 Å². The SMILES string of the molecule is CC1(C#N)CNCCO1. The fraction of sp³-hybridized carbons (Fsp3) is 0.833. The Morgan fingerprint density at radius 1 is 1.78 bits per heavy atom. The second kappa shape index (κ2) is 2.34. The number of morpholine rings is 1. The zero-order valence-corrected chi connectivity index (χ0v) is 5.48. The van der Waals surface area contributed by atoms with Crippen LogP contribution in [0.25, 0.3) is 0 Å². The van der Waals surface area contributed by atoms with Gasteiger partial charge in [0, 0.05) is 13.1 Å². The van der Waals surface area contributed by atoms with Gasteiger partial charge in [-0.3, -0.25) is 0 Å². The van der Waals surface area contributed by atoms with Crippen LogP contribution in [0.4, 0.5) is 0 Å². The van der Waals surface area contributed by atoms with Crippen LogP contribution in [0.1, 0.15) is 6.92 Å². The van der Waals surface area contributed by atoms with Crippen molar-refractivity contribution >= 4 is 0 Å². The number of nitrogens with zero attached hydrogens (tertiary/aromatic N) is 1. The largest absolute Gasteiger partial charge is 0.358 e. The van der Waals surface area contributed by atoms with E-state index in [4.69, 9.17) is 10.00 Å². The molecule has 0 spiro atoms. The molecule has 9 heavy (non-hydrogen) atoms. The van der Waals surface area contributed by atoms with Gasteiger partial charge >= 0.3 is 0 Å². The summed E-state index contributed by atoms with van der Waals surface area (Å²) >= 11 is 0. The summed E-state index contributed by atoms with van der Waals surface area (Å²) in [6.45, 7) is 3.93. The van der Waals surface area contributed by atoms with Gasteiger partial charge in [0.1, 0.15) is 0 Å². The summed E-state index contributed by atoms with van der Waals surface area (Å²) in [5, 5.41) is 11.6. The molecule has 1 unspecified atom stereocenters. The van der Waals surface area contributed by atoms with Crippen LogP contribution < -0.4 is 5.32 Å². The lowest BCUT2D eigenvalue weighted by Gasteiger charge is -2.27. The van der Waals surface area contributed by atoms with Crippen LogP contribution in [0, 0.1) is 11.3 Å². The van der Waals surface area contributed by atoms with Crippen LogP contribution in [0.5, 0.6) is 0 Å². The smallest absolute Gasteiger partial charge is 0.163 e. The molecule has 1 fully saturated rings. The summed E-state index contributed by atoms with van der Waals surface area (Å²) in [4.78, 5) is 0. The summed E-state index contributed by atoms with van der Waals surface area (Å²) in [7, 11) is 0. The molecule has 1 aliphatic heterocycles. The first-order chi connectivity index (χ1) is 4.27. The summed E-state index contributed by atoms with van der Waals surface area (Å²) in [5.41, 5.74) is -0.585. The molecule has 3 nitrogen and oxygen atoms in total. The van der Waals surface area contributed by atoms with Crippen molar-refractivity contribution in [2.24, 2.45) is 0 Å². The third-order valence-electron chi connectivity index (χ3n) is 1.40. The first-order valence-electron chi connectivity index (χ1n) is 3.03. The summed E-state index contributed by atoms with van der Waals surface area (Å²) in [5.74, 6) is 0. The zero-order chi connectivity index (χ0) is 6.74. The number of nitriles is 1. The molecule has 0 aliphatic carbocycles. The van der Waals surface area contributed by atoms with E-state index in [1.807, 2.05) is 0 Å². The van der Waals surface area contributed by atoms with E-state index < -0.39 is 5.60 Å². The molecule has 0 radical (unpaired) electrons. The van der Waals surface area contributed by atoms with E-state index in [0.29, 0.717) is 13.2 Å². The van der Waals surface area contributed by atoms with Crippen molar-refractivity contribution in [3.8, 4) is 6.07 Å². The van der Waals surface area contributed by atoms with Crippen LogP contribution in [0.15, 0.2) is 0 Å². The van der Waals surface area contributed by atoms with Crippen LogP contribution in [0.3, 0.4) is 0 Å². The Bertz CT molecular complexity index is 132. The normalized spacial score (nSPS) is 35.6. The second-order valence-electron chi connectivity index (χ2n) is 2.37. The first kappa shape index (κ1) is 6.53. The van der Waals surface area contributed by atoms with E-state index in [2.05, 4.69) is 11.4 Å². The molecule has 0 aromatic heterocycles. The van der Waals surface area contributed by atoms with E-state index in [1.54, 1.807) is 6.92 Å². The highest BCUT2D eigenvalue weighted by Crippen LogP contribution is 2.09. The lowest BCUT2D eigenvalue weighted by molar-refractivity contribution is -0.0113. The van der Waals surface area contributed by atoms with E-state index in [0.717, 1.165) is 6.54 Å². The monoisotopic (exact) mass is 126 g/mol. The maximum atomic E-state index is 8.54. The van der Waals surface area contributed by atoms with Crippen LogP contribution in [-0.2, 0) is 4.74 Å². The summed E-state index contributed by atoms with van der Waals surface area (Å²) < 4.78 is 5.19. The Labute approximate surface area is 54.6 Å². The molecular formula is C6H10N2O. The minimum Gasteiger partial charge on any atom is -0.358 e. The Morgan fingerprint density at radius 2 is 2.56 bits per heavy atom. The van der Waals surface area contributed by atoms with E-state index >= 15 is 0 Å². The van der Waals surface area contributed by atoms with Crippen LogP contribution >= 0.6 is 0 Å². The molecular weight excluding hydrogens is 116 g/mol. The van der Waals surface area contributed by atoms with Crippen molar-refractivity contribution in [3.05, 3.63) is 0 Å². The van der Waals surface area contributed by atoms with Crippen molar-refractivity contribution < 1.29 is 4.74 Å². The fourth-order valence-electron chi connectivity index (χ4n) is 0.798. The molecule has 0 saturated carbocycles. The lowest BCUT2D eigenvalue weighted by atomic mass is 10.1. The predicted molar refractivity (Wildman–Crippen MR) is 32.8 cm³/mol. The molecule has 1 atom stereocenters. The third-order valence-corrected chi connectivity index (χ3v) is 1.40. The Morgan fingerprint density at radius 3 is 2.89 bits per heavy atom. The maximum absolute atomic E-state index is 8.54. The van der Waals surface area contributed by atoms with Gasteiger partial charge in [0.25, 0.3) is 0 Å². The van der Waals surface area contributed by atoms with Crippen LogP contribution in [0.2, 0.25) is 0 Å². The van der Waals surface area contributed by atoms with Crippen molar-refractivity contribution in [3.63, 3.8) is 0 Å². The molecule has 0 amide bonds. The Hall–Kier alpha value is -0.590. The number of hydrogen-bond donors (Lipinski definition) is 1. The van der Waals surface area contributed by atoms with E-state index in [9.17, 15) is 0 Å². The van der Waals surface area contributed by atoms with Crippen molar-refractivity contribution in [1.82, 2.24) is 5.32 Å². The van der Waals surface area contributed by atoms with Gasteiger partial charge in [-0.25, -0.2) is 0 Å². The van der Waals surface area contributed by atoms with Gasteiger partial charge in [0.15, 0.2) is 5.60 Å². The molecule has 50 valence electrons. The highest BCUT2D eigenvalue weighted by Gasteiger charge is 2.26. The van der Waals surface area contributed by atoms with Gasteiger partial charge < -0.3 is 10.1 Å². The highest BCUT2D eigenvalue weighted by molar-refractivity contribution is 5.01. The molecule has 3 heteroatoms. The predicted octanol–water partition coefficient (Wildman–Crippen LogP) is -0.112. The number of nitrogens with one attached hydrogen (secondary N) is 1. The maximum Gasteiger partial charge on any atom is 0.163 e. The average Bonchev–Trinajstić information content (AvgIpc) is 1.90. The molecule has 1 aliphatic rings. The first-order valence-corrected chi connectivity index (χ1v) is 3.03. The van der Waals surface area contributed by atoms with E-state index in [-0.39, 0.29) is 0 Å². The van der Waals surface area contributed by atoms with Gasteiger partial charge in [-0.15, -0.1) is 0 Å². The van der Waals surface area contributed by atoms with Crippen molar-refractivity contribution in [1.29, 1.82) is 5.26 Å². The Kier molecular flexibility index (Phi) is 1.70. The molecule has 0 bridgehead atoms.